The van der Waals surface area contributed by atoms with Crippen LogP contribution in [0.3, 0.4) is 0 Å². The maximum atomic E-state index is 10.3. The van der Waals surface area contributed by atoms with E-state index in [1.165, 1.54) is 27.7 Å². The van der Waals surface area contributed by atoms with Crippen molar-refractivity contribution in [3.63, 3.8) is 0 Å². The number of aromatic amines is 1. The van der Waals surface area contributed by atoms with Crippen LogP contribution in [-0.2, 0) is 17.4 Å². The van der Waals surface area contributed by atoms with E-state index in [0.29, 0.717) is 5.92 Å². The summed E-state index contributed by atoms with van der Waals surface area (Å²) in [5.74, 6) is 0.346. The summed E-state index contributed by atoms with van der Waals surface area (Å²) in [4.78, 5) is 6.24. The molecule has 2 aliphatic carbocycles. The van der Waals surface area contributed by atoms with Crippen LogP contribution >= 0.6 is 0 Å². The molecule has 1 saturated carbocycles. The number of aromatic nitrogens is 1. The number of aliphatic hydroxyl groups is 1. The molecule has 1 unspecified atom stereocenters. The van der Waals surface area contributed by atoms with Crippen LogP contribution in [0.1, 0.15) is 48.9 Å². The number of hydrogen-bond donors (Lipinski definition) is 2. The lowest BCUT2D eigenvalue weighted by molar-refractivity contribution is 0.0199. The van der Waals surface area contributed by atoms with Crippen molar-refractivity contribution in [2.75, 3.05) is 20.7 Å². The molecule has 152 valence electrons. The summed E-state index contributed by atoms with van der Waals surface area (Å²) in [6, 6.07) is 19.7. The van der Waals surface area contributed by atoms with Gasteiger partial charge >= 0.3 is 0 Å². The molecule has 3 nitrogen and oxygen atoms in total. The summed E-state index contributed by atoms with van der Waals surface area (Å²) in [5, 5.41) is 11.7. The van der Waals surface area contributed by atoms with Crippen LogP contribution in [0.15, 0.2) is 54.6 Å². The molecule has 2 aromatic carbocycles. The highest BCUT2D eigenvalue weighted by Gasteiger charge is 2.52. The summed E-state index contributed by atoms with van der Waals surface area (Å²) in [7, 11) is 4.45. The first-order valence-electron chi connectivity index (χ1n) is 11.0. The largest absolute Gasteiger partial charge is 0.396 e. The molecule has 1 aromatic heterocycles. The first-order chi connectivity index (χ1) is 14.1. The lowest BCUT2D eigenvalue weighted by Crippen LogP contribution is -2.52. The normalized spacial score (nSPS) is 29.4. The van der Waals surface area contributed by atoms with Gasteiger partial charge in [-0.3, -0.25) is 4.90 Å². The van der Waals surface area contributed by atoms with Crippen LogP contribution in [0, 0.1) is 5.92 Å². The third-order valence-corrected chi connectivity index (χ3v) is 8.19. The van der Waals surface area contributed by atoms with Gasteiger partial charge in [-0.25, -0.2) is 0 Å². The van der Waals surface area contributed by atoms with Crippen LogP contribution in [0.4, 0.5) is 0 Å². The summed E-state index contributed by atoms with van der Waals surface area (Å²) in [6.45, 7) is 0.287. The minimum Gasteiger partial charge on any atom is -0.396 e. The molecule has 1 fully saturated rings. The van der Waals surface area contributed by atoms with Crippen molar-refractivity contribution in [3.05, 3.63) is 71.4 Å². The predicted molar refractivity (Wildman–Crippen MR) is 119 cm³/mol. The Morgan fingerprint density at radius 1 is 0.966 bits per heavy atom. The third kappa shape index (κ3) is 2.71. The molecule has 0 amide bonds. The fourth-order valence-corrected chi connectivity index (χ4v) is 6.46. The first kappa shape index (κ1) is 18.9. The Morgan fingerprint density at radius 2 is 1.66 bits per heavy atom. The molecule has 5 rings (SSSR count). The molecule has 3 heteroatoms. The van der Waals surface area contributed by atoms with Crippen molar-refractivity contribution < 1.29 is 5.11 Å². The minimum absolute atomic E-state index is 0.0651. The molecule has 0 radical (unpaired) electrons. The van der Waals surface area contributed by atoms with Crippen molar-refractivity contribution in [2.24, 2.45) is 5.92 Å². The van der Waals surface area contributed by atoms with Gasteiger partial charge in [-0.1, -0.05) is 48.5 Å². The van der Waals surface area contributed by atoms with Crippen molar-refractivity contribution in [3.8, 4) is 0 Å². The summed E-state index contributed by atoms with van der Waals surface area (Å²) in [5.41, 5.74) is 5.74. The fraction of sp³-hybridized carbons (Fsp3) is 0.462. The Balaban J connectivity index is 1.58. The van der Waals surface area contributed by atoms with Gasteiger partial charge in [0.2, 0.25) is 0 Å². The lowest BCUT2D eigenvalue weighted by atomic mass is 9.55. The standard InChI is InChI=1S/C26H32N2O/c1-28(2)26(19-8-4-3-5-9-19)16-14-25(15-17-26)20(18-29)12-13-22-21-10-6-7-11-23(21)27-24(22)25/h3-11,20,27,29H,12-18H2,1-2H3. The minimum atomic E-state index is 0.0651. The van der Waals surface area contributed by atoms with Crippen LogP contribution in [0.25, 0.3) is 10.9 Å². The van der Waals surface area contributed by atoms with Crippen LogP contribution < -0.4 is 0 Å². The van der Waals surface area contributed by atoms with E-state index >= 15 is 0 Å². The van der Waals surface area contributed by atoms with Gasteiger partial charge in [-0.05, 0) is 75.7 Å². The second-order valence-corrected chi connectivity index (χ2v) is 9.39. The molecular formula is C26H32N2O. The number of nitrogens with one attached hydrogen (secondary N) is 1. The predicted octanol–water partition coefficient (Wildman–Crippen LogP) is 4.99. The zero-order valence-electron chi connectivity index (χ0n) is 17.6. The molecule has 0 bridgehead atoms. The first-order valence-corrected chi connectivity index (χ1v) is 11.0. The van der Waals surface area contributed by atoms with Crippen LogP contribution in [0.2, 0.25) is 0 Å². The van der Waals surface area contributed by atoms with Gasteiger partial charge in [-0.15, -0.1) is 0 Å². The molecule has 2 N–H and O–H groups in total. The van der Waals surface area contributed by atoms with E-state index in [2.05, 4.69) is 78.6 Å². The number of benzene rings is 2. The number of aliphatic hydroxyl groups excluding tert-OH is 1. The average molecular weight is 389 g/mol. The van der Waals surface area contributed by atoms with Crippen molar-refractivity contribution in [1.82, 2.24) is 9.88 Å². The quantitative estimate of drug-likeness (QED) is 0.663. The van der Waals surface area contributed by atoms with Crippen LogP contribution in [0.5, 0.6) is 0 Å². The van der Waals surface area contributed by atoms with Gasteiger partial charge in [0, 0.05) is 34.2 Å². The van der Waals surface area contributed by atoms with Crippen molar-refractivity contribution >= 4 is 10.9 Å². The molecule has 1 spiro atoms. The number of aryl methyl sites for hydroxylation is 1. The van der Waals surface area contributed by atoms with E-state index in [4.69, 9.17) is 0 Å². The second-order valence-electron chi connectivity index (χ2n) is 9.39. The number of H-pyrrole nitrogens is 1. The maximum Gasteiger partial charge on any atom is 0.0468 e. The Morgan fingerprint density at radius 3 is 2.34 bits per heavy atom. The molecule has 1 heterocycles. The van der Waals surface area contributed by atoms with Gasteiger partial charge in [0.25, 0.3) is 0 Å². The van der Waals surface area contributed by atoms with E-state index in [9.17, 15) is 5.11 Å². The highest BCUT2D eigenvalue weighted by atomic mass is 16.3. The Bertz CT molecular complexity index is 996. The monoisotopic (exact) mass is 388 g/mol. The van der Waals surface area contributed by atoms with Crippen molar-refractivity contribution in [2.45, 2.75) is 49.5 Å². The molecular weight excluding hydrogens is 356 g/mol. The molecule has 3 aromatic rings. The molecule has 2 aliphatic rings. The second kappa shape index (κ2) is 7.00. The zero-order valence-corrected chi connectivity index (χ0v) is 17.6. The Labute approximate surface area is 173 Å². The molecule has 1 atom stereocenters. The van der Waals surface area contributed by atoms with Crippen molar-refractivity contribution in [1.29, 1.82) is 0 Å². The van der Waals surface area contributed by atoms with E-state index in [1.807, 2.05) is 0 Å². The van der Waals surface area contributed by atoms with E-state index < -0.39 is 0 Å². The summed E-state index contributed by atoms with van der Waals surface area (Å²) < 4.78 is 0. The summed E-state index contributed by atoms with van der Waals surface area (Å²) >= 11 is 0. The topological polar surface area (TPSA) is 39.3 Å². The van der Waals surface area contributed by atoms with Gasteiger partial charge < -0.3 is 10.1 Å². The number of rotatable bonds is 3. The molecule has 0 saturated heterocycles. The number of nitrogens with zero attached hydrogens (tertiary/aromatic N) is 1. The molecule has 0 aliphatic heterocycles. The highest BCUT2D eigenvalue weighted by Crippen LogP contribution is 2.56. The van der Waals surface area contributed by atoms with Gasteiger partial charge in [0.05, 0.1) is 0 Å². The van der Waals surface area contributed by atoms with Crippen LogP contribution in [-0.4, -0.2) is 35.7 Å². The van der Waals surface area contributed by atoms with E-state index in [1.54, 1.807) is 0 Å². The van der Waals surface area contributed by atoms with Gasteiger partial charge in [0.1, 0.15) is 0 Å². The third-order valence-electron chi connectivity index (χ3n) is 8.19. The van der Waals surface area contributed by atoms with Gasteiger partial charge in [0.15, 0.2) is 0 Å². The fourth-order valence-electron chi connectivity index (χ4n) is 6.46. The lowest BCUT2D eigenvalue weighted by Gasteiger charge is -2.53. The average Bonchev–Trinajstić information content (AvgIpc) is 3.15. The highest BCUT2D eigenvalue weighted by molar-refractivity contribution is 5.85. The van der Waals surface area contributed by atoms with Gasteiger partial charge in [-0.2, -0.15) is 0 Å². The Hall–Kier alpha value is -2.10. The SMILES string of the molecule is CN(C)C1(c2ccccc2)CCC2(CC1)c1[nH]c3ccccc3c1CCC2CO. The number of para-hydroxylation sites is 1. The number of hydrogen-bond acceptors (Lipinski definition) is 2. The van der Waals surface area contributed by atoms with E-state index in [-0.39, 0.29) is 17.6 Å². The smallest absolute Gasteiger partial charge is 0.0468 e. The number of fused-ring (bicyclic) bond motifs is 4. The zero-order chi connectivity index (χ0) is 20.1. The Kier molecular flexibility index (Phi) is 4.56. The summed E-state index contributed by atoms with van der Waals surface area (Å²) in [6.07, 6.45) is 6.64. The maximum absolute atomic E-state index is 10.3. The molecule has 29 heavy (non-hydrogen) atoms. The van der Waals surface area contributed by atoms with E-state index in [0.717, 1.165) is 38.5 Å².